The normalized spacial score (nSPS) is 17.0. The molecule has 1 atom stereocenters. The maximum absolute atomic E-state index is 12.9. The monoisotopic (exact) mass is 368 g/mol. The second kappa shape index (κ2) is 8.26. The number of anilines is 1. The van der Waals surface area contributed by atoms with Crippen LogP contribution in [0.4, 0.5) is 5.69 Å². The molecule has 2 heterocycles. The number of rotatable bonds is 4. The second-order valence-electron chi connectivity index (χ2n) is 7.02. The lowest BCUT2D eigenvalue weighted by atomic mass is 10.0. The fraction of sp³-hybridized carbons (Fsp3) is 0.400. The van der Waals surface area contributed by atoms with Crippen molar-refractivity contribution in [2.75, 3.05) is 25.0 Å². The number of amides is 2. The average molecular weight is 368 g/mol. The van der Waals surface area contributed by atoms with E-state index >= 15 is 0 Å². The van der Waals surface area contributed by atoms with Gasteiger partial charge >= 0.3 is 0 Å². The highest BCUT2D eigenvalue weighted by Gasteiger charge is 2.27. The molecule has 1 aromatic carbocycles. The van der Waals surface area contributed by atoms with Gasteiger partial charge in [-0.05, 0) is 36.6 Å². The zero-order chi connectivity index (χ0) is 19.4. The Bertz CT molecular complexity index is 823. The quantitative estimate of drug-likeness (QED) is 0.896. The summed E-state index contributed by atoms with van der Waals surface area (Å²) in [6, 6.07) is 6.95. The summed E-state index contributed by atoms with van der Waals surface area (Å²) in [5.74, 6) is 0.0105. The molecule has 1 unspecified atom stereocenters. The van der Waals surface area contributed by atoms with Crippen LogP contribution in [0, 0.1) is 12.8 Å². The van der Waals surface area contributed by atoms with Gasteiger partial charge in [-0.25, -0.2) is 0 Å². The fourth-order valence-corrected chi connectivity index (χ4v) is 2.95. The molecule has 1 aromatic heterocycles. The van der Waals surface area contributed by atoms with E-state index in [1.54, 1.807) is 18.2 Å². The number of aromatic nitrogens is 2. The van der Waals surface area contributed by atoms with Crippen LogP contribution in [-0.2, 0) is 4.74 Å². The largest absolute Gasteiger partial charge is 0.374 e. The number of benzene rings is 1. The highest BCUT2D eigenvalue weighted by Crippen LogP contribution is 2.21. The van der Waals surface area contributed by atoms with Gasteiger partial charge in [0.05, 0.1) is 30.7 Å². The molecule has 0 spiro atoms. The van der Waals surface area contributed by atoms with E-state index in [1.807, 2.05) is 17.9 Å². The average Bonchev–Trinajstić information content (AvgIpc) is 2.69. The van der Waals surface area contributed by atoms with Gasteiger partial charge in [-0.3, -0.25) is 9.59 Å². The molecule has 2 amide bonds. The minimum Gasteiger partial charge on any atom is -0.374 e. The van der Waals surface area contributed by atoms with Gasteiger partial charge in [-0.1, -0.05) is 19.9 Å². The molecule has 1 aliphatic heterocycles. The highest BCUT2D eigenvalue weighted by atomic mass is 16.5. The molecule has 7 heteroatoms. The van der Waals surface area contributed by atoms with Crippen molar-refractivity contribution in [3.05, 3.63) is 53.3 Å². The minimum absolute atomic E-state index is 0.0477. The van der Waals surface area contributed by atoms with Gasteiger partial charge < -0.3 is 15.0 Å². The van der Waals surface area contributed by atoms with Crippen LogP contribution in [0.5, 0.6) is 0 Å². The number of morpholine rings is 1. The van der Waals surface area contributed by atoms with Crippen molar-refractivity contribution in [1.82, 2.24) is 15.1 Å². The Morgan fingerprint density at radius 3 is 2.74 bits per heavy atom. The molecule has 2 aromatic rings. The van der Waals surface area contributed by atoms with Gasteiger partial charge in [0.2, 0.25) is 0 Å². The lowest BCUT2D eigenvalue weighted by molar-refractivity contribution is -0.0420. The van der Waals surface area contributed by atoms with Gasteiger partial charge in [0.25, 0.3) is 11.8 Å². The van der Waals surface area contributed by atoms with E-state index < -0.39 is 0 Å². The van der Waals surface area contributed by atoms with E-state index in [0.717, 1.165) is 5.56 Å². The number of carbonyl (C=O) groups excluding carboxylic acids is 2. The van der Waals surface area contributed by atoms with E-state index in [9.17, 15) is 9.59 Å². The zero-order valence-electron chi connectivity index (χ0n) is 15.8. The third kappa shape index (κ3) is 4.49. The van der Waals surface area contributed by atoms with E-state index in [-0.39, 0.29) is 17.9 Å². The van der Waals surface area contributed by atoms with E-state index in [2.05, 4.69) is 29.4 Å². The predicted molar refractivity (Wildman–Crippen MR) is 102 cm³/mol. The number of ether oxygens (including phenoxy) is 1. The number of aryl methyl sites for hydroxylation is 1. The molecular formula is C20H24N4O3. The number of hydrogen-bond donors (Lipinski definition) is 1. The molecule has 27 heavy (non-hydrogen) atoms. The molecule has 1 fully saturated rings. The summed E-state index contributed by atoms with van der Waals surface area (Å²) < 4.78 is 5.74. The van der Waals surface area contributed by atoms with Crippen LogP contribution in [-0.4, -0.2) is 52.7 Å². The van der Waals surface area contributed by atoms with Crippen LogP contribution >= 0.6 is 0 Å². The van der Waals surface area contributed by atoms with Crippen molar-refractivity contribution in [3.8, 4) is 0 Å². The SMILES string of the molecule is Cc1ccc(C(=O)N2CCOC(C(C)C)C2)cc1NC(=O)c1ccnnc1. The molecule has 1 saturated heterocycles. The van der Waals surface area contributed by atoms with Crippen molar-refractivity contribution in [2.45, 2.75) is 26.9 Å². The topological polar surface area (TPSA) is 84.4 Å². The summed E-state index contributed by atoms with van der Waals surface area (Å²) in [6.07, 6.45) is 2.91. The van der Waals surface area contributed by atoms with E-state index in [1.165, 1.54) is 12.4 Å². The van der Waals surface area contributed by atoms with Crippen molar-refractivity contribution in [2.24, 2.45) is 5.92 Å². The molecule has 142 valence electrons. The molecule has 0 aliphatic carbocycles. The number of nitrogens with zero attached hydrogens (tertiary/aromatic N) is 3. The summed E-state index contributed by atoms with van der Waals surface area (Å²) in [5.41, 5.74) is 2.45. The van der Waals surface area contributed by atoms with Crippen molar-refractivity contribution < 1.29 is 14.3 Å². The van der Waals surface area contributed by atoms with Crippen LogP contribution < -0.4 is 5.32 Å². The highest BCUT2D eigenvalue weighted by molar-refractivity contribution is 6.05. The Morgan fingerprint density at radius 2 is 2.04 bits per heavy atom. The molecule has 7 nitrogen and oxygen atoms in total. The standard InChI is InChI=1S/C20H24N4O3/c1-13(2)18-12-24(8-9-27-18)20(26)15-5-4-14(3)17(10-15)23-19(25)16-6-7-21-22-11-16/h4-7,10-11,13,18H,8-9,12H2,1-3H3,(H,23,25). The molecule has 0 radical (unpaired) electrons. The predicted octanol–water partition coefficient (Wildman–Crippen LogP) is 2.53. The molecule has 3 rings (SSSR count). The maximum Gasteiger partial charge on any atom is 0.257 e. The third-order valence-corrected chi connectivity index (χ3v) is 4.70. The smallest absolute Gasteiger partial charge is 0.257 e. The van der Waals surface area contributed by atoms with Crippen molar-refractivity contribution in [1.29, 1.82) is 0 Å². The Labute approximate surface area is 158 Å². The molecule has 0 bridgehead atoms. The first-order chi connectivity index (χ1) is 13.0. The number of nitrogens with one attached hydrogen (secondary N) is 1. The first-order valence-electron chi connectivity index (χ1n) is 9.05. The van der Waals surface area contributed by atoms with Crippen molar-refractivity contribution in [3.63, 3.8) is 0 Å². The van der Waals surface area contributed by atoms with Gasteiger partial charge in [0, 0.05) is 24.3 Å². The summed E-state index contributed by atoms with van der Waals surface area (Å²) in [6.45, 7) is 7.75. The Hall–Kier alpha value is -2.80. The fourth-order valence-electron chi connectivity index (χ4n) is 2.95. The Balaban J connectivity index is 1.76. The zero-order valence-corrected chi connectivity index (χ0v) is 15.8. The van der Waals surface area contributed by atoms with Crippen LogP contribution in [0.15, 0.2) is 36.7 Å². The maximum atomic E-state index is 12.9. The van der Waals surface area contributed by atoms with Crippen molar-refractivity contribution >= 4 is 17.5 Å². The summed E-state index contributed by atoms with van der Waals surface area (Å²) in [5, 5.41) is 10.2. The van der Waals surface area contributed by atoms with E-state index in [0.29, 0.717) is 42.4 Å². The molecule has 1 aliphatic rings. The number of hydrogen-bond acceptors (Lipinski definition) is 5. The lowest BCUT2D eigenvalue weighted by Gasteiger charge is -2.35. The van der Waals surface area contributed by atoms with Crippen LogP contribution in [0.25, 0.3) is 0 Å². The first kappa shape index (κ1) is 19.0. The van der Waals surface area contributed by atoms with Gasteiger partial charge in [-0.15, -0.1) is 0 Å². The summed E-state index contributed by atoms with van der Waals surface area (Å²) in [7, 11) is 0. The molecule has 1 N–H and O–H groups in total. The van der Waals surface area contributed by atoms with Crippen LogP contribution in [0.2, 0.25) is 0 Å². The van der Waals surface area contributed by atoms with Crippen LogP contribution in [0.3, 0.4) is 0 Å². The Morgan fingerprint density at radius 1 is 1.22 bits per heavy atom. The first-order valence-corrected chi connectivity index (χ1v) is 9.05. The van der Waals surface area contributed by atoms with Crippen LogP contribution in [0.1, 0.15) is 40.1 Å². The lowest BCUT2D eigenvalue weighted by Crippen LogP contribution is -2.47. The van der Waals surface area contributed by atoms with E-state index in [4.69, 9.17) is 4.74 Å². The minimum atomic E-state index is -0.288. The number of carbonyl (C=O) groups is 2. The Kier molecular flexibility index (Phi) is 5.81. The third-order valence-electron chi connectivity index (χ3n) is 4.70. The summed E-state index contributed by atoms with van der Waals surface area (Å²) >= 11 is 0. The summed E-state index contributed by atoms with van der Waals surface area (Å²) in [4.78, 5) is 27.1. The van der Waals surface area contributed by atoms with Gasteiger partial charge in [-0.2, -0.15) is 10.2 Å². The second-order valence-corrected chi connectivity index (χ2v) is 7.02. The molecular weight excluding hydrogens is 344 g/mol. The van der Waals surface area contributed by atoms with Gasteiger partial charge in [0.15, 0.2) is 0 Å². The molecule has 0 saturated carbocycles. The van der Waals surface area contributed by atoms with Gasteiger partial charge in [0.1, 0.15) is 0 Å².